The fraction of sp³-hybridized carbons (Fsp3) is 0.385. The van der Waals surface area contributed by atoms with Crippen LogP contribution in [0, 0.1) is 5.92 Å². The van der Waals surface area contributed by atoms with E-state index >= 15 is 0 Å². The molecule has 3 aromatic rings. The van der Waals surface area contributed by atoms with Gasteiger partial charge in [0.15, 0.2) is 5.82 Å². The lowest BCUT2D eigenvalue weighted by Gasteiger charge is -2.20. The molecule has 176 valence electrons. The Labute approximate surface area is 198 Å². The van der Waals surface area contributed by atoms with Crippen LogP contribution < -0.4 is 15.0 Å². The number of nitrogens with one attached hydrogen (secondary N) is 1. The van der Waals surface area contributed by atoms with Crippen LogP contribution in [0.3, 0.4) is 0 Å². The summed E-state index contributed by atoms with van der Waals surface area (Å²) >= 11 is 0. The quantitative estimate of drug-likeness (QED) is 0.600. The lowest BCUT2D eigenvalue weighted by Crippen LogP contribution is -2.28. The van der Waals surface area contributed by atoms with Crippen molar-refractivity contribution in [3.8, 4) is 17.1 Å². The molecule has 5 rings (SSSR count). The minimum absolute atomic E-state index is 0.0739. The summed E-state index contributed by atoms with van der Waals surface area (Å²) in [5.74, 6) is 1.92. The summed E-state index contributed by atoms with van der Waals surface area (Å²) in [5.41, 5.74) is 2.39. The van der Waals surface area contributed by atoms with Gasteiger partial charge in [0.2, 0.25) is 11.8 Å². The second kappa shape index (κ2) is 9.67. The van der Waals surface area contributed by atoms with Crippen molar-refractivity contribution in [2.24, 2.45) is 5.92 Å². The minimum Gasteiger partial charge on any atom is -0.492 e. The average Bonchev–Trinajstić information content (AvgIpc) is 3.35. The highest BCUT2D eigenvalue weighted by molar-refractivity contribution is 6.04. The van der Waals surface area contributed by atoms with Gasteiger partial charge in [-0.05, 0) is 56.2 Å². The van der Waals surface area contributed by atoms with Gasteiger partial charge in [0.25, 0.3) is 0 Å². The monoisotopic (exact) mass is 459 g/mol. The van der Waals surface area contributed by atoms with Crippen LogP contribution in [0.4, 0.5) is 11.4 Å². The van der Waals surface area contributed by atoms with Crippen LogP contribution in [0.2, 0.25) is 0 Å². The van der Waals surface area contributed by atoms with Crippen molar-refractivity contribution >= 4 is 23.2 Å². The number of anilines is 2. The highest BCUT2D eigenvalue weighted by atomic mass is 16.5. The second-order valence-electron chi connectivity index (χ2n) is 8.77. The number of para-hydroxylation sites is 2. The molecule has 0 aliphatic carbocycles. The van der Waals surface area contributed by atoms with E-state index in [1.807, 2.05) is 55.5 Å². The molecule has 1 saturated heterocycles. The fourth-order valence-corrected chi connectivity index (χ4v) is 4.72. The average molecular weight is 460 g/mol. The summed E-state index contributed by atoms with van der Waals surface area (Å²) in [6.07, 6.45) is 4.65. The molecule has 2 aliphatic heterocycles. The predicted molar refractivity (Wildman–Crippen MR) is 130 cm³/mol. The molecule has 1 fully saturated rings. The molecular formula is C26H29N5O3. The first-order valence-electron chi connectivity index (χ1n) is 12.0. The van der Waals surface area contributed by atoms with Crippen LogP contribution in [0.15, 0.2) is 48.5 Å². The molecule has 2 amide bonds. The molecule has 3 heterocycles. The molecule has 0 bridgehead atoms. The Balaban J connectivity index is 1.26. The van der Waals surface area contributed by atoms with Crippen LogP contribution in [-0.4, -0.2) is 39.7 Å². The maximum Gasteiger partial charge on any atom is 0.229 e. The first kappa shape index (κ1) is 22.1. The zero-order chi connectivity index (χ0) is 23.5. The fourth-order valence-electron chi connectivity index (χ4n) is 4.72. The number of hydrogen-bond acceptors (Lipinski definition) is 5. The molecule has 1 aromatic heterocycles. The number of carbonyl (C=O) groups is 2. The molecule has 1 N–H and O–H groups in total. The van der Waals surface area contributed by atoms with E-state index < -0.39 is 5.92 Å². The molecule has 0 unspecified atom stereocenters. The van der Waals surface area contributed by atoms with Gasteiger partial charge in [-0.3, -0.25) is 9.59 Å². The van der Waals surface area contributed by atoms with Gasteiger partial charge in [0.05, 0.1) is 18.2 Å². The Hall–Kier alpha value is -3.68. The molecule has 1 atom stereocenters. The van der Waals surface area contributed by atoms with Crippen molar-refractivity contribution in [1.29, 1.82) is 0 Å². The van der Waals surface area contributed by atoms with E-state index in [9.17, 15) is 9.59 Å². The SMILES string of the molecule is CCOc1ccccc1N1C[C@@H](C(=O)Nc2ccc(-c3nnc4n3CCCCC4)cc2)CC1=O. The number of hydrogen-bond donors (Lipinski definition) is 1. The van der Waals surface area contributed by atoms with Crippen LogP contribution in [0.1, 0.15) is 38.4 Å². The largest absolute Gasteiger partial charge is 0.492 e. The van der Waals surface area contributed by atoms with Gasteiger partial charge in [0, 0.05) is 37.2 Å². The van der Waals surface area contributed by atoms with Gasteiger partial charge in [-0.15, -0.1) is 10.2 Å². The number of carbonyl (C=O) groups excluding carboxylic acids is 2. The Kier molecular flexibility index (Phi) is 6.29. The van der Waals surface area contributed by atoms with Gasteiger partial charge < -0.3 is 19.5 Å². The molecule has 0 saturated carbocycles. The van der Waals surface area contributed by atoms with Crippen molar-refractivity contribution in [3.63, 3.8) is 0 Å². The smallest absolute Gasteiger partial charge is 0.229 e. The molecular weight excluding hydrogens is 430 g/mol. The van der Waals surface area contributed by atoms with Crippen LogP contribution in [0.5, 0.6) is 5.75 Å². The normalized spacial score (nSPS) is 17.9. The van der Waals surface area contributed by atoms with Crippen molar-refractivity contribution in [2.75, 3.05) is 23.4 Å². The first-order chi connectivity index (χ1) is 16.6. The zero-order valence-corrected chi connectivity index (χ0v) is 19.4. The van der Waals surface area contributed by atoms with E-state index in [0.29, 0.717) is 30.3 Å². The zero-order valence-electron chi connectivity index (χ0n) is 19.4. The Morgan fingerprint density at radius 3 is 2.74 bits per heavy atom. The van der Waals surface area contributed by atoms with E-state index in [1.165, 1.54) is 6.42 Å². The summed E-state index contributed by atoms with van der Waals surface area (Å²) in [6.45, 7) is 3.69. The number of fused-ring (bicyclic) bond motifs is 1. The van der Waals surface area contributed by atoms with Crippen molar-refractivity contribution in [1.82, 2.24) is 14.8 Å². The number of benzene rings is 2. The third kappa shape index (κ3) is 4.40. The van der Waals surface area contributed by atoms with Gasteiger partial charge in [-0.1, -0.05) is 18.6 Å². The van der Waals surface area contributed by atoms with E-state index in [0.717, 1.165) is 43.0 Å². The molecule has 34 heavy (non-hydrogen) atoms. The van der Waals surface area contributed by atoms with E-state index in [1.54, 1.807) is 4.90 Å². The van der Waals surface area contributed by atoms with E-state index in [4.69, 9.17) is 4.74 Å². The summed E-state index contributed by atoms with van der Waals surface area (Å²) in [5, 5.41) is 11.7. The van der Waals surface area contributed by atoms with Gasteiger partial charge in [-0.2, -0.15) is 0 Å². The van der Waals surface area contributed by atoms with Crippen molar-refractivity contribution in [2.45, 2.75) is 45.6 Å². The van der Waals surface area contributed by atoms with Gasteiger partial charge in [-0.25, -0.2) is 0 Å². The number of nitrogens with zero attached hydrogens (tertiary/aromatic N) is 4. The lowest BCUT2D eigenvalue weighted by atomic mass is 10.1. The van der Waals surface area contributed by atoms with Crippen LogP contribution >= 0.6 is 0 Å². The number of aromatic nitrogens is 3. The first-order valence-corrected chi connectivity index (χ1v) is 12.0. The summed E-state index contributed by atoms with van der Waals surface area (Å²) in [7, 11) is 0. The Morgan fingerprint density at radius 1 is 1.09 bits per heavy atom. The molecule has 0 spiro atoms. The van der Waals surface area contributed by atoms with Crippen molar-refractivity contribution < 1.29 is 14.3 Å². The number of rotatable bonds is 6. The highest BCUT2D eigenvalue weighted by Crippen LogP contribution is 2.33. The topological polar surface area (TPSA) is 89.3 Å². The number of amides is 2. The molecule has 0 radical (unpaired) electrons. The van der Waals surface area contributed by atoms with Crippen LogP contribution in [-0.2, 0) is 22.6 Å². The molecule has 8 heteroatoms. The molecule has 2 aliphatic rings. The second-order valence-corrected chi connectivity index (χ2v) is 8.77. The third-order valence-electron chi connectivity index (χ3n) is 6.47. The van der Waals surface area contributed by atoms with Crippen molar-refractivity contribution in [3.05, 3.63) is 54.4 Å². The summed E-state index contributed by atoms with van der Waals surface area (Å²) in [6, 6.07) is 15.1. The van der Waals surface area contributed by atoms with Gasteiger partial charge in [0.1, 0.15) is 11.6 Å². The predicted octanol–water partition coefficient (Wildman–Crippen LogP) is 4.06. The van der Waals surface area contributed by atoms with Gasteiger partial charge >= 0.3 is 0 Å². The maximum atomic E-state index is 12.9. The molecule has 8 nitrogen and oxygen atoms in total. The van der Waals surface area contributed by atoms with Crippen LogP contribution in [0.25, 0.3) is 11.4 Å². The Bertz CT molecular complexity index is 1190. The summed E-state index contributed by atoms with van der Waals surface area (Å²) < 4.78 is 7.87. The van der Waals surface area contributed by atoms with E-state index in [2.05, 4.69) is 20.1 Å². The maximum absolute atomic E-state index is 12.9. The third-order valence-corrected chi connectivity index (χ3v) is 6.47. The summed E-state index contributed by atoms with van der Waals surface area (Å²) in [4.78, 5) is 27.3. The molecule has 2 aromatic carbocycles. The van der Waals surface area contributed by atoms with E-state index in [-0.39, 0.29) is 18.2 Å². The Morgan fingerprint density at radius 2 is 1.91 bits per heavy atom. The highest BCUT2D eigenvalue weighted by Gasteiger charge is 2.36. The number of aryl methyl sites for hydroxylation is 1. The lowest BCUT2D eigenvalue weighted by molar-refractivity contribution is -0.122. The number of ether oxygens (including phenoxy) is 1. The minimum atomic E-state index is -0.422. The standard InChI is InChI=1S/C26H29N5O3/c1-2-34-22-9-6-5-8-21(22)31-17-19(16-24(31)32)26(33)27-20-13-11-18(12-14-20)25-29-28-23-10-4-3-7-15-30(23)25/h5-6,8-9,11-14,19H,2-4,7,10,15-17H2,1H3,(H,27,33)/t19-/m0/s1.